The zero-order valence-electron chi connectivity index (χ0n) is 10.2. The number of nitrogens with one attached hydrogen (secondary N) is 2. The molecule has 0 spiro atoms. The van der Waals surface area contributed by atoms with E-state index in [0.717, 1.165) is 13.1 Å². The molecule has 104 valence electrons. The van der Waals surface area contributed by atoms with E-state index in [0.29, 0.717) is 20.8 Å². The van der Waals surface area contributed by atoms with Gasteiger partial charge in [-0.2, -0.15) is 0 Å². The number of amides is 1. The summed E-state index contributed by atoms with van der Waals surface area (Å²) in [7, 11) is 0. The minimum Gasteiger partial charge on any atom is -0.363 e. The first-order chi connectivity index (χ1) is 8.89. The summed E-state index contributed by atoms with van der Waals surface area (Å²) < 4.78 is 5.52. The average Bonchev–Trinajstić information content (AvgIpc) is 2.28. The van der Waals surface area contributed by atoms with Gasteiger partial charge in [0.1, 0.15) is 6.61 Å². The number of carbonyl (C=O) groups is 1. The molecule has 0 aromatic heterocycles. The van der Waals surface area contributed by atoms with Crippen LogP contribution in [0.1, 0.15) is 6.92 Å². The largest absolute Gasteiger partial charge is 0.363 e. The topological polar surface area (TPSA) is 50.4 Å². The molecule has 1 heterocycles. The summed E-state index contributed by atoms with van der Waals surface area (Å²) in [5, 5.41) is 6.71. The minimum atomic E-state index is -0.306. The van der Waals surface area contributed by atoms with Crippen LogP contribution in [0.15, 0.2) is 12.1 Å². The van der Waals surface area contributed by atoms with Crippen molar-refractivity contribution < 1.29 is 9.53 Å². The van der Waals surface area contributed by atoms with Crippen LogP contribution in [0.3, 0.4) is 0 Å². The summed E-state index contributed by atoms with van der Waals surface area (Å²) in [6.45, 7) is 3.37. The van der Waals surface area contributed by atoms with E-state index in [-0.39, 0.29) is 18.1 Å². The van der Waals surface area contributed by atoms with Crippen LogP contribution in [-0.2, 0) is 9.53 Å². The van der Waals surface area contributed by atoms with Gasteiger partial charge in [-0.25, -0.2) is 0 Å². The fourth-order valence-corrected chi connectivity index (χ4v) is 2.57. The Morgan fingerprint density at radius 1 is 1.37 bits per heavy atom. The first-order valence-corrected chi connectivity index (χ1v) is 6.82. The van der Waals surface area contributed by atoms with E-state index in [1.165, 1.54) is 12.1 Å². The molecule has 0 atom stereocenters. The molecule has 2 N–H and O–H groups in total. The third kappa shape index (κ3) is 3.74. The maximum Gasteiger partial charge on any atom is 0.250 e. The van der Waals surface area contributed by atoms with Gasteiger partial charge in [0.05, 0.1) is 21.3 Å². The second-order valence-corrected chi connectivity index (χ2v) is 5.89. The van der Waals surface area contributed by atoms with Crippen LogP contribution in [0, 0.1) is 0 Å². The van der Waals surface area contributed by atoms with Crippen molar-refractivity contribution in [2.75, 3.05) is 25.0 Å². The summed E-state index contributed by atoms with van der Waals surface area (Å²) in [6, 6.07) is 3.03. The van der Waals surface area contributed by atoms with Crippen molar-refractivity contribution in [2.24, 2.45) is 0 Å². The Balaban J connectivity index is 1.95. The van der Waals surface area contributed by atoms with E-state index in [1.54, 1.807) is 0 Å². The second kappa shape index (κ2) is 5.85. The van der Waals surface area contributed by atoms with Gasteiger partial charge in [0.15, 0.2) is 0 Å². The molecular formula is C12H13Cl3N2O2. The molecule has 1 fully saturated rings. The van der Waals surface area contributed by atoms with Gasteiger partial charge in [-0.1, -0.05) is 34.8 Å². The van der Waals surface area contributed by atoms with Crippen LogP contribution in [0.4, 0.5) is 5.69 Å². The molecule has 2 rings (SSSR count). The second-order valence-electron chi connectivity index (χ2n) is 4.63. The van der Waals surface area contributed by atoms with Crippen LogP contribution in [0.25, 0.3) is 0 Å². The highest BCUT2D eigenvalue weighted by Gasteiger charge is 2.33. The number of rotatable bonds is 4. The summed E-state index contributed by atoms with van der Waals surface area (Å²) in [6.07, 6.45) is 0. The fraction of sp³-hybridized carbons (Fsp3) is 0.417. The van der Waals surface area contributed by atoms with E-state index in [2.05, 4.69) is 10.6 Å². The molecule has 0 aliphatic carbocycles. The van der Waals surface area contributed by atoms with E-state index in [1.807, 2.05) is 6.92 Å². The highest BCUT2D eigenvalue weighted by Crippen LogP contribution is 2.33. The Morgan fingerprint density at radius 3 is 2.42 bits per heavy atom. The number of carbonyl (C=O) groups excluding carboxylic acids is 1. The molecule has 1 aromatic carbocycles. The molecule has 19 heavy (non-hydrogen) atoms. The van der Waals surface area contributed by atoms with E-state index < -0.39 is 0 Å². The summed E-state index contributed by atoms with van der Waals surface area (Å²) in [5.41, 5.74) is 0.0727. The number of anilines is 1. The molecule has 1 amide bonds. The molecular weight excluding hydrogens is 311 g/mol. The molecule has 4 nitrogen and oxygen atoms in total. The predicted molar refractivity (Wildman–Crippen MR) is 77.3 cm³/mol. The van der Waals surface area contributed by atoms with Gasteiger partial charge >= 0.3 is 0 Å². The van der Waals surface area contributed by atoms with Crippen LogP contribution in [0.5, 0.6) is 0 Å². The van der Waals surface area contributed by atoms with Gasteiger partial charge in [-0.05, 0) is 19.1 Å². The van der Waals surface area contributed by atoms with Crippen molar-refractivity contribution in [2.45, 2.75) is 12.5 Å². The maximum absolute atomic E-state index is 11.8. The van der Waals surface area contributed by atoms with Crippen LogP contribution in [-0.4, -0.2) is 31.2 Å². The number of ether oxygens (including phenoxy) is 1. The standard InChI is InChI=1S/C12H13Cl3N2O2/c1-12(5-16-6-12)19-4-10(18)17-11-8(14)2-7(13)3-9(11)15/h2-3,16H,4-6H2,1H3,(H,17,18). The van der Waals surface area contributed by atoms with E-state index in [4.69, 9.17) is 39.5 Å². The molecule has 0 bridgehead atoms. The SMILES string of the molecule is CC1(OCC(=O)Nc2c(Cl)cc(Cl)cc2Cl)CNC1. The van der Waals surface area contributed by atoms with Gasteiger partial charge in [-0.15, -0.1) is 0 Å². The van der Waals surface area contributed by atoms with Crippen LogP contribution < -0.4 is 10.6 Å². The number of benzene rings is 1. The monoisotopic (exact) mass is 322 g/mol. The molecule has 1 saturated heterocycles. The first kappa shape index (κ1) is 14.9. The van der Waals surface area contributed by atoms with Crippen LogP contribution >= 0.6 is 34.8 Å². The molecule has 0 unspecified atom stereocenters. The number of hydrogen-bond donors (Lipinski definition) is 2. The van der Waals surface area contributed by atoms with Gasteiger partial charge in [0, 0.05) is 18.1 Å². The van der Waals surface area contributed by atoms with Crippen LogP contribution in [0.2, 0.25) is 15.1 Å². The molecule has 7 heteroatoms. The van der Waals surface area contributed by atoms with E-state index >= 15 is 0 Å². The molecule has 1 aliphatic rings. The van der Waals surface area contributed by atoms with Crippen molar-refractivity contribution in [1.29, 1.82) is 0 Å². The van der Waals surface area contributed by atoms with Gasteiger partial charge < -0.3 is 15.4 Å². The quantitative estimate of drug-likeness (QED) is 0.895. The lowest BCUT2D eigenvalue weighted by Gasteiger charge is -2.38. The first-order valence-electron chi connectivity index (χ1n) is 5.69. The van der Waals surface area contributed by atoms with Crippen molar-refractivity contribution in [3.8, 4) is 0 Å². The minimum absolute atomic E-state index is 0.0482. The lowest BCUT2D eigenvalue weighted by atomic mass is 10.0. The zero-order valence-corrected chi connectivity index (χ0v) is 12.5. The summed E-state index contributed by atoms with van der Waals surface area (Å²) >= 11 is 17.7. The molecule has 1 aliphatic heterocycles. The fourth-order valence-electron chi connectivity index (χ4n) is 1.66. The average molecular weight is 324 g/mol. The lowest BCUT2D eigenvalue weighted by molar-refractivity contribution is -0.130. The third-order valence-electron chi connectivity index (χ3n) is 2.82. The smallest absolute Gasteiger partial charge is 0.250 e. The van der Waals surface area contributed by atoms with Gasteiger partial charge in [0.2, 0.25) is 5.91 Å². The maximum atomic E-state index is 11.8. The van der Waals surface area contributed by atoms with Gasteiger partial charge in [-0.3, -0.25) is 4.79 Å². The normalized spacial score (nSPS) is 16.8. The highest BCUT2D eigenvalue weighted by molar-refractivity contribution is 6.42. The highest BCUT2D eigenvalue weighted by atomic mass is 35.5. The Labute approximate surface area is 126 Å². The number of halogens is 3. The predicted octanol–water partition coefficient (Wildman–Crippen LogP) is 2.96. The Bertz CT molecular complexity index is 481. The third-order valence-corrected chi connectivity index (χ3v) is 3.64. The van der Waals surface area contributed by atoms with Crippen molar-refractivity contribution >= 4 is 46.4 Å². The van der Waals surface area contributed by atoms with Gasteiger partial charge in [0.25, 0.3) is 0 Å². The zero-order chi connectivity index (χ0) is 14.0. The lowest BCUT2D eigenvalue weighted by Crippen LogP contribution is -2.59. The summed E-state index contributed by atoms with van der Waals surface area (Å²) in [5.74, 6) is -0.306. The Hall–Kier alpha value is -0.520. The van der Waals surface area contributed by atoms with E-state index in [9.17, 15) is 4.79 Å². The Kier molecular flexibility index (Phi) is 4.58. The van der Waals surface area contributed by atoms with Crippen molar-refractivity contribution in [3.63, 3.8) is 0 Å². The molecule has 1 aromatic rings. The number of hydrogen-bond acceptors (Lipinski definition) is 3. The van der Waals surface area contributed by atoms with Crippen molar-refractivity contribution in [1.82, 2.24) is 5.32 Å². The Morgan fingerprint density at radius 2 is 1.95 bits per heavy atom. The molecule has 0 radical (unpaired) electrons. The molecule has 0 saturated carbocycles. The summed E-state index contributed by atoms with van der Waals surface area (Å²) in [4.78, 5) is 11.8. The van der Waals surface area contributed by atoms with Crippen molar-refractivity contribution in [3.05, 3.63) is 27.2 Å².